The van der Waals surface area contributed by atoms with Crippen LogP contribution in [-0.2, 0) is 0 Å². The molecule has 0 unspecified atom stereocenters. The van der Waals surface area contributed by atoms with Crippen molar-refractivity contribution in [1.82, 2.24) is 0 Å². The van der Waals surface area contributed by atoms with E-state index in [4.69, 9.17) is 17.3 Å². The number of nitrogen functional groups attached to an aromatic ring is 1. The van der Waals surface area contributed by atoms with Gasteiger partial charge in [-0.25, -0.2) is 0 Å². The molecule has 0 atom stereocenters. The summed E-state index contributed by atoms with van der Waals surface area (Å²) in [4.78, 5) is 2.35. The third kappa shape index (κ3) is 2.52. The van der Waals surface area contributed by atoms with Crippen molar-refractivity contribution in [3.05, 3.63) is 53.1 Å². The van der Waals surface area contributed by atoms with Gasteiger partial charge in [-0.1, -0.05) is 29.4 Å². The van der Waals surface area contributed by atoms with E-state index in [9.17, 15) is 0 Å². The van der Waals surface area contributed by atoms with Crippen molar-refractivity contribution in [2.75, 3.05) is 5.73 Å². The fourth-order valence-corrected chi connectivity index (χ4v) is 2.44. The van der Waals surface area contributed by atoms with Crippen LogP contribution in [0.25, 0.3) is 0 Å². The first-order chi connectivity index (χ1) is 7.66. The Kier molecular flexibility index (Phi) is 3.42. The second-order valence-corrected chi connectivity index (χ2v) is 5.08. The van der Waals surface area contributed by atoms with E-state index in [0.717, 1.165) is 21.2 Å². The van der Waals surface area contributed by atoms with Crippen molar-refractivity contribution in [3.8, 4) is 0 Å². The fraction of sp³-hybridized carbons (Fsp3) is 0.0769. The summed E-state index contributed by atoms with van der Waals surface area (Å²) in [5.74, 6) is 0. The van der Waals surface area contributed by atoms with Crippen LogP contribution in [0.1, 0.15) is 5.56 Å². The molecule has 0 aliphatic heterocycles. The van der Waals surface area contributed by atoms with Crippen LogP contribution in [0.15, 0.2) is 52.3 Å². The number of rotatable bonds is 2. The van der Waals surface area contributed by atoms with Gasteiger partial charge in [-0.05, 0) is 48.9 Å². The Balaban J connectivity index is 2.27. The van der Waals surface area contributed by atoms with Crippen LogP contribution in [0.5, 0.6) is 0 Å². The van der Waals surface area contributed by atoms with Crippen molar-refractivity contribution in [2.24, 2.45) is 0 Å². The highest BCUT2D eigenvalue weighted by atomic mass is 35.5. The second kappa shape index (κ2) is 4.81. The minimum absolute atomic E-state index is 0.758. The summed E-state index contributed by atoms with van der Waals surface area (Å²) in [7, 11) is 0. The van der Waals surface area contributed by atoms with Crippen LogP contribution in [0.4, 0.5) is 5.69 Å². The fourth-order valence-electron chi connectivity index (χ4n) is 1.37. The van der Waals surface area contributed by atoms with Gasteiger partial charge >= 0.3 is 0 Å². The molecule has 0 aliphatic carbocycles. The topological polar surface area (TPSA) is 26.0 Å². The molecule has 0 saturated carbocycles. The molecule has 0 fully saturated rings. The van der Waals surface area contributed by atoms with Gasteiger partial charge in [0.15, 0.2) is 0 Å². The highest BCUT2D eigenvalue weighted by molar-refractivity contribution is 7.99. The first kappa shape index (κ1) is 11.4. The van der Waals surface area contributed by atoms with Crippen molar-refractivity contribution < 1.29 is 0 Å². The quantitative estimate of drug-likeness (QED) is 0.800. The largest absolute Gasteiger partial charge is 0.398 e. The molecule has 2 N–H and O–H groups in total. The smallest absolute Gasteiger partial charge is 0.0406 e. The summed E-state index contributed by atoms with van der Waals surface area (Å²) in [6.45, 7) is 2.04. The van der Waals surface area contributed by atoms with Crippen LogP contribution in [0.3, 0.4) is 0 Å². The van der Waals surface area contributed by atoms with E-state index in [1.165, 1.54) is 4.90 Å². The van der Waals surface area contributed by atoms with Gasteiger partial charge in [0.05, 0.1) is 0 Å². The predicted octanol–water partition coefficient (Wildman–Crippen LogP) is 4.38. The van der Waals surface area contributed by atoms with Crippen molar-refractivity contribution >= 4 is 29.1 Å². The summed E-state index contributed by atoms with van der Waals surface area (Å²) in [6, 6.07) is 13.8. The molecule has 1 nitrogen and oxygen atoms in total. The lowest BCUT2D eigenvalue weighted by Crippen LogP contribution is -1.90. The standard InChI is InChI=1S/C13H12ClNS/c1-9-12(15)3-2-4-13(9)16-11-7-5-10(14)6-8-11/h2-8H,15H2,1H3. The minimum Gasteiger partial charge on any atom is -0.398 e. The third-order valence-corrected chi connectivity index (χ3v) is 3.79. The van der Waals surface area contributed by atoms with Gasteiger partial charge < -0.3 is 5.73 Å². The zero-order valence-corrected chi connectivity index (χ0v) is 10.5. The predicted molar refractivity (Wildman–Crippen MR) is 71.2 cm³/mol. The Hall–Kier alpha value is -1.12. The average molecular weight is 250 g/mol. The van der Waals surface area contributed by atoms with E-state index in [-0.39, 0.29) is 0 Å². The van der Waals surface area contributed by atoms with E-state index >= 15 is 0 Å². The number of benzene rings is 2. The first-order valence-electron chi connectivity index (χ1n) is 4.95. The van der Waals surface area contributed by atoms with E-state index in [2.05, 4.69) is 6.07 Å². The van der Waals surface area contributed by atoms with Gasteiger partial charge in [-0.15, -0.1) is 0 Å². The molecule has 82 valence electrons. The maximum atomic E-state index is 5.86. The lowest BCUT2D eigenvalue weighted by Gasteiger charge is -2.07. The maximum absolute atomic E-state index is 5.86. The molecule has 16 heavy (non-hydrogen) atoms. The Morgan fingerprint density at radius 2 is 1.75 bits per heavy atom. The van der Waals surface area contributed by atoms with Crippen LogP contribution >= 0.6 is 23.4 Å². The van der Waals surface area contributed by atoms with Crippen LogP contribution in [0, 0.1) is 6.92 Å². The van der Waals surface area contributed by atoms with Gasteiger partial charge in [0.25, 0.3) is 0 Å². The second-order valence-electron chi connectivity index (χ2n) is 3.53. The van der Waals surface area contributed by atoms with Gasteiger partial charge in [0, 0.05) is 20.5 Å². The van der Waals surface area contributed by atoms with Crippen molar-refractivity contribution in [3.63, 3.8) is 0 Å². The van der Waals surface area contributed by atoms with Crippen molar-refractivity contribution in [2.45, 2.75) is 16.7 Å². The molecule has 0 bridgehead atoms. The van der Waals surface area contributed by atoms with Crippen LogP contribution < -0.4 is 5.73 Å². The molecule has 0 heterocycles. The molecule has 0 saturated heterocycles. The van der Waals surface area contributed by atoms with E-state index < -0.39 is 0 Å². The number of halogens is 1. The molecular weight excluding hydrogens is 238 g/mol. The van der Waals surface area contributed by atoms with E-state index in [0.29, 0.717) is 0 Å². The first-order valence-corrected chi connectivity index (χ1v) is 6.15. The molecule has 0 spiro atoms. The van der Waals surface area contributed by atoms with E-state index in [1.54, 1.807) is 11.8 Å². The van der Waals surface area contributed by atoms with Gasteiger partial charge in [-0.2, -0.15) is 0 Å². The number of hydrogen-bond donors (Lipinski definition) is 1. The lowest BCUT2D eigenvalue weighted by atomic mass is 10.2. The Labute approximate surface area is 105 Å². The molecular formula is C13H12ClNS. The van der Waals surface area contributed by atoms with Gasteiger partial charge in [0.1, 0.15) is 0 Å². The Morgan fingerprint density at radius 3 is 2.44 bits per heavy atom. The highest BCUT2D eigenvalue weighted by Gasteiger charge is 2.03. The average Bonchev–Trinajstić information content (AvgIpc) is 2.28. The monoisotopic (exact) mass is 249 g/mol. The zero-order valence-electron chi connectivity index (χ0n) is 8.91. The summed E-state index contributed by atoms with van der Waals surface area (Å²) in [5.41, 5.74) is 7.82. The zero-order chi connectivity index (χ0) is 11.5. The molecule has 0 aliphatic rings. The molecule has 3 heteroatoms. The number of anilines is 1. The van der Waals surface area contributed by atoms with Gasteiger partial charge in [-0.3, -0.25) is 0 Å². The molecule has 2 rings (SSSR count). The SMILES string of the molecule is Cc1c(N)cccc1Sc1ccc(Cl)cc1. The number of nitrogens with two attached hydrogens (primary N) is 1. The molecule has 0 aromatic heterocycles. The molecule has 2 aromatic carbocycles. The molecule has 2 aromatic rings. The third-order valence-electron chi connectivity index (χ3n) is 2.37. The molecule has 0 amide bonds. The van der Waals surface area contributed by atoms with Crippen molar-refractivity contribution in [1.29, 1.82) is 0 Å². The summed E-state index contributed by atoms with van der Waals surface area (Å²) in [5, 5.41) is 0.758. The summed E-state index contributed by atoms with van der Waals surface area (Å²) < 4.78 is 0. The summed E-state index contributed by atoms with van der Waals surface area (Å²) in [6.07, 6.45) is 0. The maximum Gasteiger partial charge on any atom is 0.0406 e. The van der Waals surface area contributed by atoms with Crippen LogP contribution in [-0.4, -0.2) is 0 Å². The highest BCUT2D eigenvalue weighted by Crippen LogP contribution is 2.32. The van der Waals surface area contributed by atoms with E-state index in [1.807, 2.05) is 43.3 Å². The summed E-state index contributed by atoms with van der Waals surface area (Å²) >= 11 is 7.54. The lowest BCUT2D eigenvalue weighted by molar-refractivity contribution is 1.30. The Bertz CT molecular complexity index is 494. The number of hydrogen-bond acceptors (Lipinski definition) is 2. The normalized spacial score (nSPS) is 10.4. The van der Waals surface area contributed by atoms with Gasteiger partial charge in [0.2, 0.25) is 0 Å². The Morgan fingerprint density at radius 1 is 1.06 bits per heavy atom. The van der Waals surface area contributed by atoms with Crippen LogP contribution in [0.2, 0.25) is 5.02 Å². The molecule has 0 radical (unpaired) electrons. The minimum atomic E-state index is 0.758.